The maximum Gasteiger partial charge on any atom is 0.240 e. The number of fused-ring (bicyclic) bond motifs is 2. The molecule has 1 aliphatic heterocycles. The number of thiazole rings is 1. The monoisotopic (exact) mass is 764 g/mol. The number of hydrogen-bond donors (Lipinski definition) is 2. The lowest BCUT2D eigenvalue weighted by Crippen LogP contribution is -2.42. The number of anilines is 2. The molecule has 1 saturated heterocycles. The molecule has 12 nitrogen and oxygen atoms in total. The van der Waals surface area contributed by atoms with Gasteiger partial charge in [-0.3, -0.25) is 19.9 Å². The molecular formula is C37H40N4O8S3. The van der Waals surface area contributed by atoms with Crippen LogP contribution in [0, 0.1) is 0 Å². The fourth-order valence-corrected chi connectivity index (χ4v) is 8.19. The molecular weight excluding hydrogens is 725 g/mol. The van der Waals surface area contributed by atoms with Crippen LogP contribution in [0.2, 0.25) is 0 Å². The van der Waals surface area contributed by atoms with Gasteiger partial charge >= 0.3 is 0 Å². The molecule has 0 saturated carbocycles. The summed E-state index contributed by atoms with van der Waals surface area (Å²) in [6.07, 6.45) is 5.46. The lowest BCUT2D eigenvalue weighted by Gasteiger charge is -2.20. The lowest BCUT2D eigenvalue weighted by atomic mass is 10.1. The Balaban J connectivity index is 0.865. The van der Waals surface area contributed by atoms with E-state index in [1.807, 2.05) is 30.3 Å². The first-order valence-electron chi connectivity index (χ1n) is 16.9. The van der Waals surface area contributed by atoms with Gasteiger partial charge in [-0.1, -0.05) is 12.1 Å². The highest BCUT2D eigenvalue weighted by atomic mass is 32.2. The summed E-state index contributed by atoms with van der Waals surface area (Å²) in [5.41, 5.74) is 6.00. The highest BCUT2D eigenvalue weighted by Gasteiger charge is 2.27. The fraction of sp³-hybridized carbons (Fsp3) is 0.351. The lowest BCUT2D eigenvalue weighted by molar-refractivity contribution is -0.132. The third-order valence-electron chi connectivity index (χ3n) is 8.16. The molecule has 1 aliphatic rings. The highest BCUT2D eigenvalue weighted by Crippen LogP contribution is 2.34. The van der Waals surface area contributed by atoms with Crippen molar-refractivity contribution >= 4 is 77.2 Å². The van der Waals surface area contributed by atoms with Crippen LogP contribution in [0.15, 0.2) is 82.2 Å². The second-order valence-electron chi connectivity index (χ2n) is 12.1. The summed E-state index contributed by atoms with van der Waals surface area (Å²) in [4.78, 5) is 33.4. The van der Waals surface area contributed by atoms with Crippen LogP contribution in [0.3, 0.4) is 0 Å². The minimum atomic E-state index is -3.61. The van der Waals surface area contributed by atoms with Crippen molar-refractivity contribution in [3.63, 3.8) is 0 Å². The summed E-state index contributed by atoms with van der Waals surface area (Å²) in [6.45, 7) is 2.66. The number of aryl methyl sites for hydroxylation is 1. The first kappa shape index (κ1) is 37.6. The van der Waals surface area contributed by atoms with Crippen molar-refractivity contribution in [2.24, 2.45) is 0 Å². The van der Waals surface area contributed by atoms with E-state index in [0.717, 1.165) is 45.6 Å². The van der Waals surface area contributed by atoms with Crippen molar-refractivity contribution in [3.8, 4) is 5.75 Å². The molecule has 3 aromatic carbocycles. The Kier molecular flexibility index (Phi) is 13.1. The van der Waals surface area contributed by atoms with E-state index in [0.29, 0.717) is 56.8 Å². The minimum Gasteiger partial charge on any atom is -0.490 e. The molecule has 1 atom stereocenters. The van der Waals surface area contributed by atoms with Gasteiger partial charge in [0, 0.05) is 53.2 Å². The van der Waals surface area contributed by atoms with E-state index < -0.39 is 9.84 Å². The van der Waals surface area contributed by atoms with Gasteiger partial charge in [0.15, 0.2) is 9.84 Å². The van der Waals surface area contributed by atoms with Gasteiger partial charge in [-0.05, 0) is 67.3 Å². The van der Waals surface area contributed by atoms with Crippen molar-refractivity contribution in [3.05, 3.63) is 77.9 Å². The molecule has 2 aromatic heterocycles. The van der Waals surface area contributed by atoms with E-state index in [2.05, 4.69) is 32.7 Å². The topological polar surface area (TPSA) is 155 Å². The highest BCUT2D eigenvalue weighted by molar-refractivity contribution is 8.00. The number of aromatic nitrogens is 2. The number of pyridine rings is 1. The zero-order chi connectivity index (χ0) is 36.3. The maximum absolute atomic E-state index is 12.8. The number of nitrogens with one attached hydrogen (secondary N) is 2. The molecule has 1 fully saturated rings. The second kappa shape index (κ2) is 18.1. The van der Waals surface area contributed by atoms with E-state index >= 15 is 0 Å². The Morgan fingerprint density at radius 3 is 2.48 bits per heavy atom. The van der Waals surface area contributed by atoms with Gasteiger partial charge in [0.1, 0.15) is 17.3 Å². The van der Waals surface area contributed by atoms with Crippen molar-refractivity contribution < 1.29 is 37.0 Å². The number of hydrogen-bond acceptors (Lipinski definition) is 13. The van der Waals surface area contributed by atoms with Crippen LogP contribution in [0.5, 0.6) is 5.75 Å². The molecule has 0 unspecified atom stereocenters. The van der Waals surface area contributed by atoms with Crippen LogP contribution in [-0.4, -0.2) is 88.0 Å². The summed E-state index contributed by atoms with van der Waals surface area (Å²) < 4.78 is 49.4. The Morgan fingerprint density at radius 2 is 1.69 bits per heavy atom. The normalized spacial score (nSPS) is 14.9. The molecule has 274 valence electrons. The molecule has 2 N–H and O–H groups in total. The first-order valence-corrected chi connectivity index (χ1v) is 20.6. The number of nitrogens with zero attached hydrogens (tertiary/aromatic N) is 2. The SMILES string of the molecule is CS(=O)(=O)c1cc2c(Nc3ccc4scnc4c3)ccnc2cc1OCCOCCOCCOCCCc1cccc(S[C@@H]2CCC(=O)NC2=O)c1. The molecule has 0 radical (unpaired) electrons. The first-order chi connectivity index (χ1) is 25.2. The van der Waals surface area contributed by atoms with Crippen LogP contribution in [-0.2, 0) is 40.1 Å². The number of thioether (sulfide) groups is 1. The van der Waals surface area contributed by atoms with Crippen LogP contribution in [0.1, 0.15) is 24.8 Å². The van der Waals surface area contributed by atoms with Gasteiger partial charge in [0.25, 0.3) is 0 Å². The third-order valence-corrected chi connectivity index (χ3v) is 11.4. The summed E-state index contributed by atoms with van der Waals surface area (Å²) in [6, 6.07) is 19.1. The van der Waals surface area contributed by atoms with Gasteiger partial charge < -0.3 is 24.3 Å². The molecule has 0 bridgehead atoms. The van der Waals surface area contributed by atoms with Crippen LogP contribution in [0.25, 0.3) is 21.1 Å². The number of benzene rings is 3. The molecule has 0 spiro atoms. The summed E-state index contributed by atoms with van der Waals surface area (Å²) in [5, 5.41) is 6.19. The summed E-state index contributed by atoms with van der Waals surface area (Å²) in [5.74, 6) is -0.196. The van der Waals surface area contributed by atoms with E-state index in [9.17, 15) is 18.0 Å². The number of rotatable bonds is 19. The predicted octanol–water partition coefficient (Wildman–Crippen LogP) is 5.95. The van der Waals surface area contributed by atoms with Crippen LogP contribution < -0.4 is 15.4 Å². The second-order valence-corrected chi connectivity index (χ2v) is 16.2. The maximum atomic E-state index is 12.8. The fourth-order valence-electron chi connectivity index (χ4n) is 5.61. The van der Waals surface area contributed by atoms with Crippen molar-refractivity contribution in [2.75, 3.05) is 57.8 Å². The van der Waals surface area contributed by atoms with Gasteiger partial charge in [0.05, 0.1) is 59.5 Å². The van der Waals surface area contributed by atoms with Crippen molar-refractivity contribution in [2.45, 2.75) is 40.7 Å². The number of amides is 2. The summed E-state index contributed by atoms with van der Waals surface area (Å²) >= 11 is 3.06. The molecule has 3 heterocycles. The molecule has 52 heavy (non-hydrogen) atoms. The number of imide groups is 1. The predicted molar refractivity (Wildman–Crippen MR) is 202 cm³/mol. The smallest absolute Gasteiger partial charge is 0.240 e. The number of piperidine rings is 1. The molecule has 2 amide bonds. The average Bonchev–Trinajstić information content (AvgIpc) is 3.59. The van der Waals surface area contributed by atoms with Gasteiger partial charge in [0.2, 0.25) is 11.8 Å². The third kappa shape index (κ3) is 10.5. The Bertz CT molecular complexity index is 2120. The zero-order valence-electron chi connectivity index (χ0n) is 28.7. The van der Waals surface area contributed by atoms with Crippen molar-refractivity contribution in [1.29, 1.82) is 0 Å². The van der Waals surface area contributed by atoms with Crippen LogP contribution in [0.4, 0.5) is 11.4 Å². The molecule has 0 aliphatic carbocycles. The number of carbonyl (C=O) groups excluding carboxylic acids is 2. The Hall–Kier alpha value is -4.12. The van der Waals surface area contributed by atoms with E-state index in [1.165, 1.54) is 17.3 Å². The van der Waals surface area contributed by atoms with Gasteiger partial charge in [-0.2, -0.15) is 0 Å². The zero-order valence-corrected chi connectivity index (χ0v) is 31.1. The van der Waals surface area contributed by atoms with E-state index in [1.54, 1.807) is 41.2 Å². The van der Waals surface area contributed by atoms with E-state index in [-0.39, 0.29) is 40.9 Å². The van der Waals surface area contributed by atoms with E-state index in [4.69, 9.17) is 18.9 Å². The number of ether oxygens (including phenoxy) is 4. The summed E-state index contributed by atoms with van der Waals surface area (Å²) in [7, 11) is -3.61. The molecule has 15 heteroatoms. The Labute approximate surface area is 310 Å². The average molecular weight is 765 g/mol. The molecule has 6 rings (SSSR count). The minimum absolute atomic E-state index is 0.0756. The van der Waals surface area contributed by atoms with Gasteiger partial charge in [-0.15, -0.1) is 23.1 Å². The van der Waals surface area contributed by atoms with Gasteiger partial charge in [-0.25, -0.2) is 13.4 Å². The number of sulfone groups is 1. The Morgan fingerprint density at radius 1 is 0.904 bits per heavy atom. The van der Waals surface area contributed by atoms with Crippen LogP contribution >= 0.6 is 23.1 Å². The largest absolute Gasteiger partial charge is 0.490 e. The standard InChI is InChI=1S/C37H40N4O8S3/c1-52(44,45)35-22-28-29(40-26-7-8-33-31(21-26)39-24-50-33)11-12-38-30(28)23-32(35)49-19-18-48-17-16-47-15-14-46-13-3-5-25-4-2-6-27(20-25)51-34-9-10-36(42)41-37(34)43/h2,4,6-8,11-12,20-24,34H,3,5,9-10,13-19H2,1H3,(H,38,40)(H,41,42,43)/t34-/m1/s1. The molecule has 5 aromatic rings. The van der Waals surface area contributed by atoms with Crippen molar-refractivity contribution in [1.82, 2.24) is 15.3 Å². The quantitative estimate of drug-likeness (QED) is 0.0754. The number of carbonyl (C=O) groups is 2.